The van der Waals surface area contributed by atoms with Crippen molar-refractivity contribution >= 4 is 28.8 Å². The molecule has 4 nitrogen and oxygen atoms in total. The molecule has 0 spiro atoms. The number of methoxy groups -OCH3 is 1. The van der Waals surface area contributed by atoms with Gasteiger partial charge in [0.1, 0.15) is 5.75 Å². The molecule has 0 aliphatic heterocycles. The Morgan fingerprint density at radius 2 is 1.62 bits per heavy atom. The average molecular weight is 377 g/mol. The standard InChI is InChI=1S/C25H19N3O/c1-29-22-12-8-19(9-13-22)20-10-14-23-24(15-20)28-21(16-26-17-25(28)27-23)11-7-18-5-3-2-4-6-18/h2-17H,1H3/b11-7+. The molecule has 2 heterocycles. The van der Waals surface area contributed by atoms with Gasteiger partial charge in [0, 0.05) is 0 Å². The molecule has 0 N–H and O–H groups in total. The van der Waals surface area contributed by atoms with E-state index in [2.05, 4.69) is 64.0 Å². The lowest BCUT2D eigenvalue weighted by Gasteiger charge is -2.05. The number of imidazole rings is 1. The fourth-order valence-corrected chi connectivity index (χ4v) is 3.52. The van der Waals surface area contributed by atoms with Crippen molar-refractivity contribution in [2.75, 3.05) is 7.11 Å². The number of rotatable bonds is 4. The molecular weight excluding hydrogens is 358 g/mol. The van der Waals surface area contributed by atoms with Crippen LogP contribution < -0.4 is 4.74 Å². The van der Waals surface area contributed by atoms with Crippen molar-refractivity contribution in [3.63, 3.8) is 0 Å². The molecule has 2 aromatic heterocycles. The van der Waals surface area contributed by atoms with E-state index in [0.29, 0.717) is 0 Å². The number of benzene rings is 3. The van der Waals surface area contributed by atoms with Gasteiger partial charge in [-0.25, -0.2) is 4.98 Å². The molecule has 29 heavy (non-hydrogen) atoms. The lowest BCUT2D eigenvalue weighted by molar-refractivity contribution is 0.415. The Balaban J connectivity index is 1.64. The average Bonchev–Trinajstić information content (AvgIpc) is 3.17. The summed E-state index contributed by atoms with van der Waals surface area (Å²) in [7, 11) is 1.68. The molecule has 0 fully saturated rings. The summed E-state index contributed by atoms with van der Waals surface area (Å²) < 4.78 is 7.42. The Kier molecular flexibility index (Phi) is 4.30. The van der Waals surface area contributed by atoms with Crippen LogP contribution in [0.15, 0.2) is 85.2 Å². The first kappa shape index (κ1) is 17.2. The van der Waals surface area contributed by atoms with Gasteiger partial charge in [-0.1, -0.05) is 54.6 Å². The van der Waals surface area contributed by atoms with Crippen LogP contribution in [-0.2, 0) is 0 Å². The van der Waals surface area contributed by atoms with Gasteiger partial charge < -0.3 is 4.74 Å². The SMILES string of the molecule is COc1ccc(-c2ccc3nc4cncc(/C=C/c5ccccc5)n4c3c2)cc1. The summed E-state index contributed by atoms with van der Waals surface area (Å²) in [6.07, 6.45) is 7.84. The van der Waals surface area contributed by atoms with Crippen LogP contribution in [0.3, 0.4) is 0 Å². The molecular formula is C25H19N3O. The van der Waals surface area contributed by atoms with Gasteiger partial charge in [0.25, 0.3) is 0 Å². The molecule has 3 aromatic carbocycles. The predicted octanol–water partition coefficient (Wildman–Crippen LogP) is 5.73. The zero-order chi connectivity index (χ0) is 19.6. The number of hydrogen-bond donors (Lipinski definition) is 0. The Hall–Kier alpha value is -3.92. The Morgan fingerprint density at radius 3 is 2.41 bits per heavy atom. The van der Waals surface area contributed by atoms with E-state index in [-0.39, 0.29) is 0 Å². The predicted molar refractivity (Wildman–Crippen MR) is 118 cm³/mol. The van der Waals surface area contributed by atoms with Crippen molar-refractivity contribution in [1.82, 2.24) is 14.4 Å². The first-order chi connectivity index (χ1) is 14.3. The summed E-state index contributed by atoms with van der Waals surface area (Å²) in [5, 5.41) is 0. The highest BCUT2D eigenvalue weighted by molar-refractivity contribution is 5.87. The number of aromatic nitrogens is 3. The van der Waals surface area contributed by atoms with Crippen LogP contribution in [0.5, 0.6) is 5.75 Å². The second-order valence-corrected chi connectivity index (χ2v) is 6.81. The lowest BCUT2D eigenvalue weighted by Crippen LogP contribution is -1.92. The Bertz CT molecular complexity index is 1320. The molecule has 0 amide bonds. The van der Waals surface area contributed by atoms with Crippen LogP contribution in [-0.4, -0.2) is 21.5 Å². The van der Waals surface area contributed by atoms with Gasteiger partial charge in [0.05, 0.1) is 36.2 Å². The van der Waals surface area contributed by atoms with Gasteiger partial charge >= 0.3 is 0 Å². The van der Waals surface area contributed by atoms with E-state index in [1.807, 2.05) is 36.5 Å². The normalized spacial score (nSPS) is 11.5. The fraction of sp³-hybridized carbons (Fsp3) is 0.0400. The zero-order valence-corrected chi connectivity index (χ0v) is 16.0. The molecule has 0 aliphatic rings. The summed E-state index contributed by atoms with van der Waals surface area (Å²) in [6.45, 7) is 0. The van der Waals surface area contributed by atoms with Gasteiger partial charge in [-0.05, 0) is 47.0 Å². The molecule has 0 aliphatic carbocycles. The van der Waals surface area contributed by atoms with Gasteiger partial charge in [-0.3, -0.25) is 9.38 Å². The van der Waals surface area contributed by atoms with Crippen molar-refractivity contribution in [2.24, 2.45) is 0 Å². The summed E-state index contributed by atoms with van der Waals surface area (Å²) in [6, 6.07) is 24.7. The third-order valence-electron chi connectivity index (χ3n) is 5.00. The third-order valence-corrected chi connectivity index (χ3v) is 5.00. The van der Waals surface area contributed by atoms with E-state index in [0.717, 1.165) is 44.8 Å². The first-order valence-corrected chi connectivity index (χ1v) is 9.45. The number of fused-ring (bicyclic) bond motifs is 3. The van der Waals surface area contributed by atoms with Crippen LogP contribution in [0.25, 0.3) is 40.0 Å². The first-order valence-electron chi connectivity index (χ1n) is 9.45. The molecule has 140 valence electrons. The van der Waals surface area contributed by atoms with Crippen LogP contribution in [0, 0.1) is 0 Å². The van der Waals surface area contributed by atoms with Crippen molar-refractivity contribution in [3.05, 3.63) is 96.4 Å². The quantitative estimate of drug-likeness (QED) is 0.402. The Labute approximate surface area is 168 Å². The van der Waals surface area contributed by atoms with E-state index in [1.165, 1.54) is 0 Å². The summed E-state index contributed by atoms with van der Waals surface area (Å²) in [5.74, 6) is 0.851. The van der Waals surface area contributed by atoms with Crippen molar-refractivity contribution in [1.29, 1.82) is 0 Å². The smallest absolute Gasteiger partial charge is 0.156 e. The van der Waals surface area contributed by atoms with Gasteiger partial charge in [-0.15, -0.1) is 0 Å². The molecule has 5 aromatic rings. The number of hydrogen-bond acceptors (Lipinski definition) is 3. The highest BCUT2D eigenvalue weighted by Crippen LogP contribution is 2.27. The van der Waals surface area contributed by atoms with Crippen LogP contribution in [0.4, 0.5) is 0 Å². The Morgan fingerprint density at radius 1 is 0.828 bits per heavy atom. The van der Waals surface area contributed by atoms with Crippen LogP contribution in [0.1, 0.15) is 11.3 Å². The molecule has 0 saturated heterocycles. The number of ether oxygens (including phenoxy) is 1. The highest BCUT2D eigenvalue weighted by Gasteiger charge is 2.09. The summed E-state index contributed by atoms with van der Waals surface area (Å²) in [4.78, 5) is 9.11. The molecule has 0 saturated carbocycles. The minimum absolute atomic E-state index is 0.835. The highest BCUT2D eigenvalue weighted by atomic mass is 16.5. The van der Waals surface area contributed by atoms with Crippen LogP contribution >= 0.6 is 0 Å². The minimum atomic E-state index is 0.835. The minimum Gasteiger partial charge on any atom is -0.497 e. The molecule has 5 rings (SSSR count). The van der Waals surface area contributed by atoms with E-state index in [4.69, 9.17) is 9.72 Å². The fourth-order valence-electron chi connectivity index (χ4n) is 3.52. The van der Waals surface area contributed by atoms with Gasteiger partial charge in [0.2, 0.25) is 0 Å². The molecule has 4 heteroatoms. The van der Waals surface area contributed by atoms with E-state index in [1.54, 1.807) is 13.3 Å². The van der Waals surface area contributed by atoms with Crippen LogP contribution in [0.2, 0.25) is 0 Å². The molecule has 0 bridgehead atoms. The second kappa shape index (κ2) is 7.24. The van der Waals surface area contributed by atoms with E-state index in [9.17, 15) is 0 Å². The largest absolute Gasteiger partial charge is 0.497 e. The molecule has 0 unspecified atom stereocenters. The van der Waals surface area contributed by atoms with Gasteiger partial charge in [0.15, 0.2) is 5.65 Å². The summed E-state index contributed by atoms with van der Waals surface area (Å²) in [5.41, 5.74) is 7.25. The summed E-state index contributed by atoms with van der Waals surface area (Å²) >= 11 is 0. The zero-order valence-electron chi connectivity index (χ0n) is 16.0. The molecule has 0 radical (unpaired) electrons. The lowest BCUT2D eigenvalue weighted by atomic mass is 10.0. The van der Waals surface area contributed by atoms with Crippen molar-refractivity contribution in [2.45, 2.75) is 0 Å². The van der Waals surface area contributed by atoms with E-state index < -0.39 is 0 Å². The second-order valence-electron chi connectivity index (χ2n) is 6.81. The maximum Gasteiger partial charge on any atom is 0.156 e. The third kappa shape index (κ3) is 3.25. The monoisotopic (exact) mass is 377 g/mol. The topological polar surface area (TPSA) is 39.4 Å². The van der Waals surface area contributed by atoms with Gasteiger partial charge in [-0.2, -0.15) is 0 Å². The molecule has 0 atom stereocenters. The van der Waals surface area contributed by atoms with E-state index >= 15 is 0 Å². The van der Waals surface area contributed by atoms with Crippen molar-refractivity contribution < 1.29 is 4.74 Å². The number of nitrogens with zero attached hydrogens (tertiary/aromatic N) is 3. The van der Waals surface area contributed by atoms with Crippen molar-refractivity contribution in [3.8, 4) is 16.9 Å². The maximum atomic E-state index is 5.27. The maximum absolute atomic E-state index is 5.27.